The van der Waals surface area contributed by atoms with Gasteiger partial charge in [0.25, 0.3) is 5.91 Å². The smallest absolute Gasteiger partial charge is 0.534 e. The molecular formula is C33H33BF2N6O11. The molecule has 7 N–H and O–H groups in total. The topological polar surface area (TPSA) is 248 Å². The number of nitrogens with zero attached hydrogens (tertiary/aromatic N) is 3. The van der Waals surface area contributed by atoms with Crippen LogP contribution in [0, 0.1) is 25.5 Å². The Morgan fingerprint density at radius 3 is 2.47 bits per heavy atom. The number of carbonyl (C=O) groups is 6. The van der Waals surface area contributed by atoms with Gasteiger partial charge in [0, 0.05) is 49.2 Å². The molecule has 0 radical (unpaired) electrons. The summed E-state index contributed by atoms with van der Waals surface area (Å²) in [6, 6.07) is 2.65. The molecule has 5 rings (SSSR count). The van der Waals surface area contributed by atoms with E-state index in [1.165, 1.54) is 24.1 Å². The molecule has 2 aliphatic rings. The first-order chi connectivity index (χ1) is 25.1. The van der Waals surface area contributed by atoms with Gasteiger partial charge in [-0.25, -0.2) is 18.4 Å². The Kier molecular flexibility index (Phi) is 11.1. The van der Waals surface area contributed by atoms with Gasteiger partial charge in [-0.1, -0.05) is 6.07 Å². The molecule has 2 atom stereocenters. The standard InChI is InChI=1S/C33H33BF2N6O11/c1-15-12-18(6-8-37-15)28(45)38-7-3-9-41-10-11-42(31(48)30(41)47)33(51)40-24(19-14-21(36)26(44)25(43)16(19)2)29(46)39-22-13-17-4-5-20(35)23(32(49)50)27(17)53-34(22)52/h4-6,8,12,14,22,24,43-44,52H,3,7,9-11,13H2,1-2H3,(H,38,45)(H,39,46)(H,40,51)(H,49,50)/t22-,24+/m0/s1. The number of nitrogens with one attached hydrogen (secondary N) is 3. The molecule has 20 heteroatoms. The van der Waals surface area contributed by atoms with Crippen molar-refractivity contribution in [3.8, 4) is 17.2 Å². The minimum atomic E-state index is -1.94. The number of aromatic carboxylic acids is 1. The van der Waals surface area contributed by atoms with Crippen molar-refractivity contribution in [1.82, 2.24) is 30.7 Å². The molecule has 2 aromatic carbocycles. The number of aromatic hydroxyl groups is 2. The van der Waals surface area contributed by atoms with Gasteiger partial charge in [0.05, 0.1) is 5.94 Å². The molecule has 53 heavy (non-hydrogen) atoms. The highest BCUT2D eigenvalue weighted by atomic mass is 19.1. The molecule has 1 fully saturated rings. The van der Waals surface area contributed by atoms with Gasteiger partial charge in [-0.3, -0.25) is 29.1 Å². The number of amides is 6. The van der Waals surface area contributed by atoms with Crippen molar-refractivity contribution in [2.75, 3.05) is 26.2 Å². The van der Waals surface area contributed by atoms with Gasteiger partial charge < -0.3 is 45.8 Å². The molecule has 3 aromatic rings. The SMILES string of the molecule is Cc1cc(C(=O)NCCCN2CCN(C(=O)N[C@@H](C(=O)N[C@H]3Cc4ccc(F)c(C(=O)O)c4OB3O)c3cc(F)c(O)c(O)c3C)C(=O)C2=O)ccn1. The maximum Gasteiger partial charge on any atom is 0.547 e. The van der Waals surface area contributed by atoms with E-state index in [0.717, 1.165) is 6.07 Å². The lowest BCUT2D eigenvalue weighted by molar-refractivity contribution is -0.153. The van der Waals surface area contributed by atoms with Crippen LogP contribution < -0.4 is 20.6 Å². The molecule has 0 bridgehead atoms. The Hall–Kier alpha value is -6.31. The minimum Gasteiger partial charge on any atom is -0.534 e. The Bertz CT molecular complexity index is 2020. The van der Waals surface area contributed by atoms with Crippen LogP contribution in [-0.2, 0) is 20.8 Å². The van der Waals surface area contributed by atoms with Crippen molar-refractivity contribution >= 4 is 42.7 Å². The highest BCUT2D eigenvalue weighted by molar-refractivity contribution is 6.47. The van der Waals surface area contributed by atoms with E-state index in [0.29, 0.717) is 22.2 Å². The van der Waals surface area contributed by atoms with E-state index in [1.807, 2.05) is 0 Å². The number of hydrogen-bond donors (Lipinski definition) is 7. The number of rotatable bonds is 10. The second-order valence-corrected chi connectivity index (χ2v) is 12.2. The monoisotopic (exact) mass is 738 g/mol. The molecule has 0 saturated carbocycles. The number of urea groups is 1. The normalized spacial score (nSPS) is 16.0. The van der Waals surface area contributed by atoms with Gasteiger partial charge in [-0.15, -0.1) is 0 Å². The molecule has 0 aliphatic carbocycles. The summed E-state index contributed by atoms with van der Waals surface area (Å²) in [5, 5.41) is 47.6. The molecule has 0 unspecified atom stereocenters. The summed E-state index contributed by atoms with van der Waals surface area (Å²) in [5.41, 5.74) is -0.335. The number of aromatic nitrogens is 1. The number of halogens is 2. The summed E-state index contributed by atoms with van der Waals surface area (Å²) in [6.07, 6.45) is 1.47. The highest BCUT2D eigenvalue weighted by Gasteiger charge is 2.42. The van der Waals surface area contributed by atoms with Crippen molar-refractivity contribution in [3.63, 3.8) is 0 Å². The van der Waals surface area contributed by atoms with Gasteiger partial charge in [-0.05, 0) is 62.1 Å². The molecule has 278 valence electrons. The van der Waals surface area contributed by atoms with Crippen LogP contribution >= 0.6 is 0 Å². The largest absolute Gasteiger partial charge is 0.547 e. The Morgan fingerprint density at radius 1 is 1.04 bits per heavy atom. The Labute approximate surface area is 299 Å². The maximum absolute atomic E-state index is 14.7. The van der Waals surface area contributed by atoms with Crippen LogP contribution in [-0.4, -0.2) is 110 Å². The van der Waals surface area contributed by atoms with Crippen LogP contribution in [0.25, 0.3) is 0 Å². The van der Waals surface area contributed by atoms with E-state index < -0.39 is 83.3 Å². The van der Waals surface area contributed by atoms with E-state index in [4.69, 9.17) is 4.65 Å². The van der Waals surface area contributed by atoms with Crippen LogP contribution in [0.4, 0.5) is 13.6 Å². The molecular weight excluding hydrogens is 705 g/mol. The lowest BCUT2D eigenvalue weighted by atomic mass is 9.72. The number of piperazine rings is 1. The Morgan fingerprint density at radius 2 is 1.77 bits per heavy atom. The number of carboxylic acid groups (broad SMARTS) is 1. The summed E-state index contributed by atoms with van der Waals surface area (Å²) >= 11 is 0. The number of carboxylic acids is 1. The molecule has 0 spiro atoms. The lowest BCUT2D eigenvalue weighted by Crippen LogP contribution is -2.60. The number of fused-ring (bicyclic) bond motifs is 1. The third-order valence-corrected chi connectivity index (χ3v) is 8.72. The summed E-state index contributed by atoms with van der Waals surface area (Å²) in [5.74, 6) is -11.9. The number of phenols is 2. The number of pyridine rings is 1. The maximum atomic E-state index is 14.7. The van der Waals surface area contributed by atoms with Gasteiger partial charge in [-0.2, -0.15) is 0 Å². The van der Waals surface area contributed by atoms with E-state index in [-0.39, 0.29) is 61.6 Å². The van der Waals surface area contributed by atoms with Crippen LogP contribution in [0.3, 0.4) is 0 Å². The number of aryl methyl sites for hydroxylation is 1. The summed E-state index contributed by atoms with van der Waals surface area (Å²) < 4.78 is 34.1. The zero-order valence-corrected chi connectivity index (χ0v) is 28.2. The fraction of sp³-hybridized carbons (Fsp3) is 0.303. The predicted molar refractivity (Wildman–Crippen MR) is 178 cm³/mol. The van der Waals surface area contributed by atoms with Crippen molar-refractivity contribution in [2.45, 2.75) is 38.7 Å². The van der Waals surface area contributed by atoms with E-state index in [2.05, 4.69) is 20.9 Å². The van der Waals surface area contributed by atoms with Gasteiger partial charge in [0.15, 0.2) is 17.3 Å². The predicted octanol–water partition coefficient (Wildman–Crippen LogP) is 0.467. The summed E-state index contributed by atoms with van der Waals surface area (Å²) in [4.78, 5) is 82.9. The average Bonchev–Trinajstić information content (AvgIpc) is 3.11. The Balaban J connectivity index is 1.28. The first-order valence-electron chi connectivity index (χ1n) is 16.1. The zero-order valence-electron chi connectivity index (χ0n) is 28.2. The third kappa shape index (κ3) is 7.96. The van der Waals surface area contributed by atoms with E-state index in [1.54, 1.807) is 19.1 Å². The van der Waals surface area contributed by atoms with Gasteiger partial charge >= 0.3 is 30.9 Å². The molecule has 6 amide bonds. The quantitative estimate of drug-likeness (QED) is 0.0649. The molecule has 2 aliphatic heterocycles. The summed E-state index contributed by atoms with van der Waals surface area (Å²) in [7, 11) is -1.94. The fourth-order valence-electron chi connectivity index (χ4n) is 5.89. The lowest BCUT2D eigenvalue weighted by Gasteiger charge is -2.34. The minimum absolute atomic E-state index is 0.0570. The highest BCUT2D eigenvalue weighted by Crippen LogP contribution is 2.37. The molecule has 1 saturated heterocycles. The van der Waals surface area contributed by atoms with Crippen molar-refractivity contribution < 1.29 is 62.5 Å². The number of hydrogen-bond acceptors (Lipinski definition) is 11. The zero-order chi connectivity index (χ0) is 38.7. The fourth-order valence-corrected chi connectivity index (χ4v) is 5.89. The third-order valence-electron chi connectivity index (χ3n) is 8.72. The van der Waals surface area contributed by atoms with Crippen LogP contribution in [0.1, 0.15) is 55.6 Å². The van der Waals surface area contributed by atoms with E-state index >= 15 is 0 Å². The summed E-state index contributed by atoms with van der Waals surface area (Å²) in [6.45, 7) is 2.72. The molecule has 17 nitrogen and oxygen atoms in total. The number of phenolic OH excluding ortho intramolecular Hbond substituents is 2. The van der Waals surface area contributed by atoms with Crippen LogP contribution in [0.15, 0.2) is 36.5 Å². The van der Waals surface area contributed by atoms with Gasteiger partial charge in [0.2, 0.25) is 5.91 Å². The number of imide groups is 1. The first kappa shape index (κ1) is 37.9. The van der Waals surface area contributed by atoms with Gasteiger partial charge in [0.1, 0.15) is 23.2 Å². The number of benzene rings is 2. The van der Waals surface area contributed by atoms with Crippen molar-refractivity contribution in [2.24, 2.45) is 0 Å². The van der Waals surface area contributed by atoms with Crippen LogP contribution in [0.2, 0.25) is 0 Å². The molecule has 3 heterocycles. The van der Waals surface area contributed by atoms with Crippen molar-refractivity contribution in [3.05, 3.63) is 81.7 Å². The average molecular weight is 738 g/mol. The van der Waals surface area contributed by atoms with Crippen molar-refractivity contribution in [1.29, 1.82) is 0 Å². The second-order valence-electron chi connectivity index (χ2n) is 12.2. The number of carbonyl (C=O) groups excluding carboxylic acids is 5. The van der Waals surface area contributed by atoms with E-state index in [9.17, 15) is 57.9 Å². The molecule has 1 aromatic heterocycles. The first-order valence-corrected chi connectivity index (χ1v) is 16.1. The second kappa shape index (κ2) is 15.5. The van der Waals surface area contributed by atoms with Crippen LogP contribution in [0.5, 0.6) is 17.2 Å².